The molecule has 53 heavy (non-hydrogen) atoms. The van der Waals surface area contributed by atoms with Gasteiger partial charge in [-0.1, -0.05) is 111 Å². The summed E-state index contributed by atoms with van der Waals surface area (Å²) in [6.45, 7) is 11.8. The first kappa shape index (κ1) is 37.5. The van der Waals surface area contributed by atoms with Crippen LogP contribution in [0.2, 0.25) is 15.1 Å². The van der Waals surface area contributed by atoms with E-state index in [1.54, 1.807) is 29.3 Å². The summed E-state index contributed by atoms with van der Waals surface area (Å²) in [7, 11) is -2.92. The lowest BCUT2D eigenvalue weighted by molar-refractivity contribution is 0.0521. The molecule has 0 bridgehead atoms. The minimum absolute atomic E-state index is 0.132. The molecular formula is C41H42BrCl2N5O3Si. The number of hydrogen-bond acceptors (Lipinski definition) is 5. The van der Waals surface area contributed by atoms with Gasteiger partial charge in [0.1, 0.15) is 10.3 Å². The largest absolute Gasteiger partial charge is 0.405 e. The summed E-state index contributed by atoms with van der Waals surface area (Å²) in [4.78, 5) is 36.9. The second kappa shape index (κ2) is 14.8. The summed E-state index contributed by atoms with van der Waals surface area (Å²) in [6, 6.07) is 29.2. The zero-order valence-corrected chi connectivity index (χ0v) is 34.5. The van der Waals surface area contributed by atoms with Gasteiger partial charge >= 0.3 is 0 Å². The van der Waals surface area contributed by atoms with E-state index in [1.165, 1.54) is 10.4 Å². The Morgan fingerprint density at radius 1 is 0.981 bits per heavy atom. The van der Waals surface area contributed by atoms with Crippen LogP contribution in [0.4, 0.5) is 0 Å². The minimum Gasteiger partial charge on any atom is -0.405 e. The number of pyridine rings is 1. The van der Waals surface area contributed by atoms with Gasteiger partial charge in [0, 0.05) is 36.3 Å². The van der Waals surface area contributed by atoms with Crippen molar-refractivity contribution in [3.63, 3.8) is 0 Å². The normalized spacial score (nSPS) is 18.1. The number of benzene rings is 3. The molecule has 5 aromatic rings. The smallest absolute Gasteiger partial charge is 0.273 e. The zero-order chi connectivity index (χ0) is 37.7. The molecule has 0 spiro atoms. The van der Waals surface area contributed by atoms with Gasteiger partial charge < -0.3 is 14.2 Å². The second-order valence-electron chi connectivity index (χ2n) is 15.0. The lowest BCUT2D eigenvalue weighted by Crippen LogP contribution is -2.67. The molecule has 2 amide bonds. The first-order valence-electron chi connectivity index (χ1n) is 17.8. The van der Waals surface area contributed by atoms with Crippen LogP contribution in [0.5, 0.6) is 0 Å². The first-order chi connectivity index (χ1) is 25.3. The maximum absolute atomic E-state index is 14.8. The molecule has 274 valence electrons. The molecule has 0 radical (unpaired) electrons. The lowest BCUT2D eigenvalue weighted by Gasteiger charge is -2.45. The number of hydrogen-bond donors (Lipinski definition) is 0. The fourth-order valence-corrected chi connectivity index (χ4v) is 13.0. The molecular weight excluding hydrogens is 789 g/mol. The van der Waals surface area contributed by atoms with Crippen molar-refractivity contribution in [1.82, 2.24) is 24.6 Å². The van der Waals surface area contributed by atoms with Crippen molar-refractivity contribution in [3.8, 4) is 0 Å². The Hall–Kier alpha value is -3.80. The molecule has 3 atom stereocenters. The van der Waals surface area contributed by atoms with Crippen LogP contribution in [0, 0.1) is 0 Å². The predicted octanol–water partition coefficient (Wildman–Crippen LogP) is 8.27. The van der Waals surface area contributed by atoms with Gasteiger partial charge in [-0.3, -0.25) is 14.3 Å². The lowest BCUT2D eigenvalue weighted by atomic mass is 9.96. The van der Waals surface area contributed by atoms with Crippen LogP contribution in [0.25, 0.3) is 0 Å². The van der Waals surface area contributed by atoms with Crippen molar-refractivity contribution in [1.29, 1.82) is 0 Å². The van der Waals surface area contributed by atoms with Gasteiger partial charge in [-0.05, 0) is 75.0 Å². The maximum Gasteiger partial charge on any atom is 0.273 e. The van der Waals surface area contributed by atoms with Gasteiger partial charge in [0.2, 0.25) is 0 Å². The third-order valence-electron chi connectivity index (χ3n) is 10.7. The number of nitrogens with zero attached hydrogens (tertiary/aromatic N) is 5. The van der Waals surface area contributed by atoms with Gasteiger partial charge in [-0.2, -0.15) is 5.10 Å². The van der Waals surface area contributed by atoms with Crippen molar-refractivity contribution in [2.45, 2.75) is 70.7 Å². The highest BCUT2D eigenvalue weighted by molar-refractivity contribution is 9.10. The highest BCUT2D eigenvalue weighted by Crippen LogP contribution is 2.40. The van der Waals surface area contributed by atoms with Crippen LogP contribution in [0.1, 0.15) is 84.4 Å². The molecule has 2 aliphatic heterocycles. The van der Waals surface area contributed by atoms with E-state index in [0.717, 1.165) is 21.4 Å². The van der Waals surface area contributed by atoms with Crippen molar-refractivity contribution in [2.75, 3.05) is 13.2 Å². The van der Waals surface area contributed by atoms with Crippen LogP contribution in [-0.4, -0.2) is 63.9 Å². The zero-order valence-electron chi connectivity index (χ0n) is 30.4. The van der Waals surface area contributed by atoms with Gasteiger partial charge in [0.15, 0.2) is 0 Å². The van der Waals surface area contributed by atoms with Crippen LogP contribution < -0.4 is 10.4 Å². The number of halogens is 3. The van der Waals surface area contributed by atoms with E-state index in [0.29, 0.717) is 40.9 Å². The van der Waals surface area contributed by atoms with E-state index < -0.39 is 8.32 Å². The van der Waals surface area contributed by atoms with E-state index in [9.17, 15) is 9.59 Å². The van der Waals surface area contributed by atoms with E-state index in [4.69, 9.17) is 32.7 Å². The summed E-state index contributed by atoms with van der Waals surface area (Å²) >= 11 is 15.9. The van der Waals surface area contributed by atoms with Crippen molar-refractivity contribution >= 4 is 69.6 Å². The van der Waals surface area contributed by atoms with Crippen molar-refractivity contribution < 1.29 is 14.0 Å². The number of aromatic nitrogens is 3. The van der Waals surface area contributed by atoms with Crippen molar-refractivity contribution in [2.24, 2.45) is 0 Å². The highest BCUT2D eigenvalue weighted by atomic mass is 79.9. The quantitative estimate of drug-likeness (QED) is 0.116. The van der Waals surface area contributed by atoms with E-state index in [2.05, 4.69) is 90.2 Å². The standard InChI is InChI=1S/C41H42BrCl2N5O3Si/c1-26-20-36-33(24-47(26)39(50)28-16-18-34(43)35(44)21-28)38-40(51)48(27(2)29-17-19-37(42)45-22-29)23-30(49(38)46-36)25-52-53(41(3,4)5,31-12-8-6-9-13-31)32-14-10-7-11-15-32/h6-19,21-22,26-27,30H,20,23-25H2,1-5H3/t26-,27?,30+/m1/s1. The molecule has 0 aliphatic carbocycles. The molecule has 2 aliphatic rings. The van der Waals surface area contributed by atoms with Gasteiger partial charge in [-0.25, -0.2) is 4.98 Å². The van der Waals surface area contributed by atoms with Gasteiger partial charge in [0.05, 0.1) is 41.0 Å². The Labute approximate surface area is 330 Å². The number of carbonyl (C=O) groups is 2. The van der Waals surface area contributed by atoms with Crippen molar-refractivity contribution in [3.05, 3.63) is 140 Å². The van der Waals surface area contributed by atoms with E-state index >= 15 is 0 Å². The summed E-state index contributed by atoms with van der Waals surface area (Å²) in [5, 5.41) is 7.99. The Balaban J connectivity index is 1.31. The average molecular weight is 832 g/mol. The number of rotatable bonds is 8. The van der Waals surface area contributed by atoms with Crippen LogP contribution in [0.15, 0.2) is 102 Å². The Bertz CT molecular complexity index is 2100. The first-order valence-corrected chi connectivity index (χ1v) is 21.3. The summed E-state index contributed by atoms with van der Waals surface area (Å²) in [5.41, 5.74) is 3.45. The van der Waals surface area contributed by atoms with Crippen LogP contribution >= 0.6 is 39.1 Å². The summed E-state index contributed by atoms with van der Waals surface area (Å²) in [5.74, 6) is -0.310. The number of fused-ring (bicyclic) bond motifs is 3. The SMILES string of the molecule is CC(c1ccc(Br)nc1)N1C[C@@H](CO[Si](c2ccccc2)(c2ccccc2)C(C)(C)C)n2nc3c(c2C1=O)CN(C(=O)c1ccc(Cl)c(Cl)c1)[C@H](C)C3. The maximum atomic E-state index is 14.8. The topological polar surface area (TPSA) is 80.6 Å². The molecule has 4 heterocycles. The Kier molecular flexibility index (Phi) is 10.5. The molecule has 0 N–H and O–H groups in total. The molecule has 7 rings (SSSR count). The monoisotopic (exact) mass is 829 g/mol. The van der Waals surface area contributed by atoms with E-state index in [1.807, 2.05) is 47.7 Å². The van der Waals surface area contributed by atoms with Gasteiger partial charge in [0.25, 0.3) is 20.1 Å². The molecule has 0 saturated heterocycles. The molecule has 12 heteroatoms. The second-order valence-corrected chi connectivity index (χ2v) is 20.9. The minimum atomic E-state index is -2.92. The molecule has 0 saturated carbocycles. The average Bonchev–Trinajstić information content (AvgIpc) is 3.52. The highest BCUT2D eigenvalue weighted by Gasteiger charge is 2.51. The molecule has 0 fully saturated rings. The Morgan fingerprint density at radius 3 is 2.23 bits per heavy atom. The molecule has 3 aromatic carbocycles. The summed E-state index contributed by atoms with van der Waals surface area (Å²) < 4.78 is 10.1. The molecule has 8 nitrogen and oxygen atoms in total. The number of carbonyl (C=O) groups excluding carboxylic acids is 2. The molecule has 2 aromatic heterocycles. The third-order valence-corrected chi connectivity index (χ3v) is 16.9. The molecule has 1 unspecified atom stereocenters. The van der Waals surface area contributed by atoms with E-state index in [-0.39, 0.29) is 41.5 Å². The third kappa shape index (κ3) is 6.89. The fraction of sp³-hybridized carbons (Fsp3) is 0.317. The van der Waals surface area contributed by atoms with Crippen LogP contribution in [-0.2, 0) is 17.4 Å². The number of amides is 2. The summed E-state index contributed by atoms with van der Waals surface area (Å²) in [6.07, 6.45) is 2.31. The van der Waals surface area contributed by atoms with Gasteiger partial charge in [-0.15, -0.1) is 0 Å². The predicted molar refractivity (Wildman–Crippen MR) is 216 cm³/mol. The Morgan fingerprint density at radius 2 is 1.64 bits per heavy atom. The van der Waals surface area contributed by atoms with Crippen LogP contribution in [0.3, 0.4) is 0 Å². The fourth-order valence-electron chi connectivity index (χ4n) is 7.90.